The fourth-order valence-corrected chi connectivity index (χ4v) is 1.40. The molecule has 1 fully saturated rings. The number of para-hydroxylation sites is 1. The van der Waals surface area contributed by atoms with Crippen molar-refractivity contribution in [2.45, 2.75) is 25.1 Å². The van der Waals surface area contributed by atoms with Crippen LogP contribution in [0.5, 0.6) is 0 Å². The Balaban J connectivity index is 2.05. The average Bonchev–Trinajstić information content (AvgIpc) is 2.14. The topological polar surface area (TPSA) is 12.0 Å². The Bertz CT molecular complexity index is 301. The van der Waals surface area contributed by atoms with Crippen LogP contribution in [0.3, 0.4) is 0 Å². The number of halogens is 2. The smallest absolute Gasteiger partial charge is 0.146 e. The molecular formula is C10H11F2N. The first-order chi connectivity index (χ1) is 6.27. The van der Waals surface area contributed by atoms with Crippen molar-refractivity contribution in [2.75, 3.05) is 5.32 Å². The summed E-state index contributed by atoms with van der Waals surface area (Å²) in [6.07, 6.45) is 0.557. The van der Waals surface area contributed by atoms with Crippen molar-refractivity contribution in [2.24, 2.45) is 0 Å². The van der Waals surface area contributed by atoms with Gasteiger partial charge in [-0.15, -0.1) is 0 Å². The third-order valence-electron chi connectivity index (χ3n) is 2.40. The molecule has 0 aromatic heterocycles. The highest BCUT2D eigenvalue weighted by Gasteiger charge is 2.30. The van der Waals surface area contributed by atoms with Gasteiger partial charge in [-0.3, -0.25) is 0 Å². The van der Waals surface area contributed by atoms with Gasteiger partial charge in [-0.2, -0.15) is 0 Å². The fourth-order valence-electron chi connectivity index (χ4n) is 1.40. The van der Waals surface area contributed by atoms with Crippen molar-refractivity contribution in [3.05, 3.63) is 30.1 Å². The zero-order chi connectivity index (χ0) is 9.26. The first-order valence-electron chi connectivity index (χ1n) is 4.42. The molecule has 1 N–H and O–H groups in total. The Labute approximate surface area is 75.8 Å². The number of benzene rings is 1. The Kier molecular flexibility index (Phi) is 2.17. The fraction of sp³-hybridized carbons (Fsp3) is 0.400. The maximum absolute atomic E-state index is 13.1. The van der Waals surface area contributed by atoms with Gasteiger partial charge in [0.25, 0.3) is 0 Å². The third kappa shape index (κ3) is 1.64. The minimum Gasteiger partial charge on any atom is -0.377 e. The average molecular weight is 183 g/mol. The summed E-state index contributed by atoms with van der Waals surface area (Å²) in [5, 5.41) is 2.85. The number of nitrogens with one attached hydrogen (secondary N) is 1. The molecule has 2 atom stereocenters. The number of alkyl halides is 1. The molecular weight excluding hydrogens is 172 g/mol. The normalized spacial score (nSPS) is 26.6. The zero-order valence-electron chi connectivity index (χ0n) is 7.13. The van der Waals surface area contributed by atoms with Gasteiger partial charge >= 0.3 is 0 Å². The summed E-state index contributed by atoms with van der Waals surface area (Å²) in [5.74, 6) is -0.318. The third-order valence-corrected chi connectivity index (χ3v) is 2.40. The molecule has 13 heavy (non-hydrogen) atoms. The van der Waals surface area contributed by atoms with E-state index in [0.29, 0.717) is 12.1 Å². The van der Waals surface area contributed by atoms with Gasteiger partial charge in [0, 0.05) is 0 Å². The van der Waals surface area contributed by atoms with Gasteiger partial charge in [0.15, 0.2) is 0 Å². The van der Waals surface area contributed by atoms with E-state index in [0.717, 1.165) is 6.42 Å². The molecule has 1 aliphatic carbocycles. The molecule has 1 aromatic rings. The zero-order valence-corrected chi connectivity index (χ0v) is 7.13. The van der Waals surface area contributed by atoms with Gasteiger partial charge in [0.1, 0.15) is 12.0 Å². The summed E-state index contributed by atoms with van der Waals surface area (Å²) < 4.78 is 25.9. The SMILES string of the molecule is Fc1ccccc1NC1CCC1F. The van der Waals surface area contributed by atoms with Crippen molar-refractivity contribution < 1.29 is 8.78 Å². The molecule has 70 valence electrons. The van der Waals surface area contributed by atoms with E-state index < -0.39 is 6.17 Å². The van der Waals surface area contributed by atoms with E-state index in [9.17, 15) is 8.78 Å². The summed E-state index contributed by atoms with van der Waals surface area (Å²) in [5.41, 5.74) is 0.398. The van der Waals surface area contributed by atoms with Crippen LogP contribution in [0.1, 0.15) is 12.8 Å². The van der Waals surface area contributed by atoms with Crippen molar-refractivity contribution in [3.63, 3.8) is 0 Å². The highest BCUT2D eigenvalue weighted by molar-refractivity contribution is 5.45. The summed E-state index contributed by atoms with van der Waals surface area (Å²) in [6, 6.07) is 6.15. The summed E-state index contributed by atoms with van der Waals surface area (Å²) >= 11 is 0. The van der Waals surface area contributed by atoms with Crippen LogP contribution in [0.25, 0.3) is 0 Å². The lowest BCUT2D eigenvalue weighted by molar-refractivity contribution is 0.186. The van der Waals surface area contributed by atoms with Crippen molar-refractivity contribution in [3.8, 4) is 0 Å². The van der Waals surface area contributed by atoms with Crippen molar-refractivity contribution in [1.82, 2.24) is 0 Å². The lowest BCUT2D eigenvalue weighted by Crippen LogP contribution is -2.40. The van der Waals surface area contributed by atoms with E-state index in [2.05, 4.69) is 5.32 Å². The second-order valence-electron chi connectivity index (χ2n) is 3.32. The predicted octanol–water partition coefficient (Wildman–Crippen LogP) is 2.74. The maximum atomic E-state index is 13.1. The molecule has 1 aromatic carbocycles. The Morgan fingerprint density at radius 2 is 2.00 bits per heavy atom. The van der Waals surface area contributed by atoms with Crippen molar-refractivity contribution >= 4 is 5.69 Å². The number of rotatable bonds is 2. The van der Waals surface area contributed by atoms with E-state index in [1.54, 1.807) is 18.2 Å². The van der Waals surface area contributed by atoms with Crippen LogP contribution < -0.4 is 5.32 Å². The van der Waals surface area contributed by atoms with Gasteiger partial charge < -0.3 is 5.32 Å². The second kappa shape index (κ2) is 3.32. The van der Waals surface area contributed by atoms with E-state index in [-0.39, 0.29) is 11.9 Å². The van der Waals surface area contributed by atoms with Gasteiger partial charge in [-0.1, -0.05) is 12.1 Å². The molecule has 0 aliphatic heterocycles. The molecule has 0 amide bonds. The van der Waals surface area contributed by atoms with Gasteiger partial charge in [-0.25, -0.2) is 8.78 Å². The van der Waals surface area contributed by atoms with Crippen LogP contribution in [0.4, 0.5) is 14.5 Å². The highest BCUT2D eigenvalue weighted by atomic mass is 19.1. The Morgan fingerprint density at radius 3 is 2.54 bits per heavy atom. The standard InChI is InChI=1S/C10H11F2N/c11-7-3-1-2-4-9(7)13-10-6-5-8(10)12/h1-4,8,10,13H,5-6H2. The summed E-state index contributed by atoms with van der Waals surface area (Å²) in [6.45, 7) is 0. The monoisotopic (exact) mass is 183 g/mol. The lowest BCUT2D eigenvalue weighted by atomic mass is 9.90. The molecule has 1 aliphatic rings. The van der Waals surface area contributed by atoms with Gasteiger partial charge in [0.05, 0.1) is 11.7 Å². The first kappa shape index (κ1) is 8.48. The molecule has 0 spiro atoms. The van der Waals surface area contributed by atoms with Crippen LogP contribution in [-0.4, -0.2) is 12.2 Å². The van der Waals surface area contributed by atoms with Gasteiger partial charge in [0.2, 0.25) is 0 Å². The van der Waals surface area contributed by atoms with Crippen LogP contribution in [0.15, 0.2) is 24.3 Å². The molecule has 3 heteroatoms. The molecule has 0 radical (unpaired) electrons. The largest absolute Gasteiger partial charge is 0.377 e. The van der Waals surface area contributed by atoms with E-state index in [4.69, 9.17) is 0 Å². The molecule has 1 nitrogen and oxygen atoms in total. The summed E-state index contributed by atoms with van der Waals surface area (Å²) in [4.78, 5) is 0. The minimum absolute atomic E-state index is 0.197. The van der Waals surface area contributed by atoms with E-state index >= 15 is 0 Å². The molecule has 0 heterocycles. The first-order valence-corrected chi connectivity index (χ1v) is 4.42. The highest BCUT2D eigenvalue weighted by Crippen LogP contribution is 2.27. The quantitative estimate of drug-likeness (QED) is 0.743. The molecule has 2 unspecified atom stereocenters. The lowest BCUT2D eigenvalue weighted by Gasteiger charge is -2.31. The molecule has 0 bridgehead atoms. The van der Waals surface area contributed by atoms with Crippen LogP contribution in [0, 0.1) is 5.82 Å². The maximum Gasteiger partial charge on any atom is 0.146 e. The summed E-state index contributed by atoms with van der Waals surface area (Å²) in [7, 11) is 0. The number of hydrogen-bond acceptors (Lipinski definition) is 1. The van der Waals surface area contributed by atoms with Crippen molar-refractivity contribution in [1.29, 1.82) is 0 Å². The number of hydrogen-bond donors (Lipinski definition) is 1. The van der Waals surface area contributed by atoms with E-state index in [1.165, 1.54) is 6.07 Å². The van der Waals surface area contributed by atoms with E-state index in [1.807, 2.05) is 0 Å². The molecule has 2 rings (SSSR count). The Morgan fingerprint density at radius 1 is 1.23 bits per heavy atom. The molecule has 1 saturated carbocycles. The van der Waals surface area contributed by atoms with Crippen LogP contribution >= 0.6 is 0 Å². The van der Waals surface area contributed by atoms with Crippen LogP contribution in [0.2, 0.25) is 0 Å². The van der Waals surface area contributed by atoms with Gasteiger partial charge in [-0.05, 0) is 25.0 Å². The number of anilines is 1. The predicted molar refractivity (Wildman–Crippen MR) is 47.9 cm³/mol. The molecule has 0 saturated heterocycles. The second-order valence-corrected chi connectivity index (χ2v) is 3.32. The van der Waals surface area contributed by atoms with Crippen LogP contribution in [-0.2, 0) is 0 Å². The Hall–Kier alpha value is -1.12. The minimum atomic E-state index is -0.820.